The molecule has 90 valence electrons. The quantitative estimate of drug-likeness (QED) is 0.429. The van der Waals surface area contributed by atoms with Crippen molar-refractivity contribution in [3.8, 4) is 0 Å². The normalized spacial score (nSPS) is 29.0. The van der Waals surface area contributed by atoms with Gasteiger partial charge >= 0.3 is 0 Å². The van der Waals surface area contributed by atoms with Crippen molar-refractivity contribution in [1.82, 2.24) is 0 Å². The Morgan fingerprint density at radius 2 is 2.00 bits per heavy atom. The van der Waals surface area contributed by atoms with Crippen molar-refractivity contribution >= 4 is 40.5 Å². The van der Waals surface area contributed by atoms with Crippen LogP contribution in [0.15, 0.2) is 28.5 Å². The van der Waals surface area contributed by atoms with Crippen molar-refractivity contribution < 1.29 is 5.21 Å². The summed E-state index contributed by atoms with van der Waals surface area (Å²) in [7, 11) is 0. The van der Waals surface area contributed by atoms with E-state index in [1.165, 1.54) is 0 Å². The molecule has 0 unspecified atom stereocenters. The third kappa shape index (κ3) is 2.24. The van der Waals surface area contributed by atoms with Crippen LogP contribution in [0.3, 0.4) is 0 Å². The van der Waals surface area contributed by atoms with E-state index < -0.39 is 9.21 Å². The van der Waals surface area contributed by atoms with E-state index in [1.807, 2.05) is 26.8 Å². The minimum atomic E-state index is -1.42. The van der Waals surface area contributed by atoms with Crippen LogP contribution in [0.4, 0.5) is 0 Å². The third-order valence-electron chi connectivity index (χ3n) is 2.96. The van der Waals surface area contributed by atoms with Crippen LogP contribution in [0.2, 0.25) is 0 Å². The van der Waals surface area contributed by atoms with E-state index in [0.29, 0.717) is 5.71 Å². The summed E-state index contributed by atoms with van der Waals surface area (Å²) >= 11 is 18.1. The predicted octanol–water partition coefficient (Wildman–Crippen LogP) is 4.49. The molecule has 0 amide bonds. The Morgan fingerprint density at radius 3 is 2.38 bits per heavy atom. The van der Waals surface area contributed by atoms with Gasteiger partial charge < -0.3 is 5.21 Å². The summed E-state index contributed by atoms with van der Waals surface area (Å²) in [6.07, 6.45) is 4.35. The first-order chi connectivity index (χ1) is 7.26. The van der Waals surface area contributed by atoms with Gasteiger partial charge in [-0.15, -0.1) is 0 Å². The van der Waals surface area contributed by atoms with Crippen LogP contribution in [-0.2, 0) is 0 Å². The zero-order valence-electron chi connectivity index (χ0n) is 9.39. The molecule has 0 spiro atoms. The van der Waals surface area contributed by atoms with E-state index in [-0.39, 0.29) is 0 Å². The lowest BCUT2D eigenvalue weighted by molar-refractivity contribution is 0.319. The smallest absolute Gasteiger partial charge is 0.202 e. The van der Waals surface area contributed by atoms with Gasteiger partial charge in [0.2, 0.25) is 3.79 Å². The molecule has 0 aliphatic heterocycles. The number of oxime groups is 1. The van der Waals surface area contributed by atoms with E-state index in [0.717, 1.165) is 17.6 Å². The van der Waals surface area contributed by atoms with Crippen molar-refractivity contribution in [2.24, 2.45) is 10.6 Å². The molecule has 0 saturated carbocycles. The lowest BCUT2D eigenvalue weighted by Gasteiger charge is -2.38. The molecule has 0 bridgehead atoms. The molecule has 0 aromatic carbocycles. The van der Waals surface area contributed by atoms with Gasteiger partial charge in [0, 0.05) is 0 Å². The summed E-state index contributed by atoms with van der Waals surface area (Å²) in [5.74, 6) is 0. The molecule has 1 aliphatic rings. The van der Waals surface area contributed by atoms with E-state index >= 15 is 0 Å². The Morgan fingerprint density at radius 1 is 1.44 bits per heavy atom. The predicted molar refractivity (Wildman–Crippen MR) is 69.7 cm³/mol. The Balaban J connectivity index is 3.33. The Bertz CT molecular complexity index is 379. The van der Waals surface area contributed by atoms with E-state index in [9.17, 15) is 0 Å². The summed E-state index contributed by atoms with van der Waals surface area (Å²) in [4.78, 5) is 0. The van der Waals surface area contributed by atoms with Gasteiger partial charge in [-0.3, -0.25) is 0 Å². The maximum atomic E-state index is 8.85. The number of halogens is 3. The van der Waals surface area contributed by atoms with Crippen LogP contribution in [-0.4, -0.2) is 14.7 Å². The average molecular weight is 283 g/mol. The van der Waals surface area contributed by atoms with E-state index in [2.05, 4.69) is 5.16 Å². The highest BCUT2D eigenvalue weighted by atomic mass is 35.6. The van der Waals surface area contributed by atoms with Gasteiger partial charge in [0.05, 0.1) is 5.41 Å². The van der Waals surface area contributed by atoms with Gasteiger partial charge in [-0.25, -0.2) is 0 Å². The van der Waals surface area contributed by atoms with E-state index in [1.54, 1.807) is 6.08 Å². The Hall–Kier alpha value is -0.180. The molecular formula is C11H14Cl3NO. The zero-order chi connectivity index (χ0) is 12.6. The van der Waals surface area contributed by atoms with Crippen LogP contribution in [0.5, 0.6) is 0 Å². The first-order valence-corrected chi connectivity index (χ1v) is 6.09. The lowest BCUT2D eigenvalue weighted by atomic mass is 9.76. The molecular weight excluding hydrogens is 268 g/mol. The van der Waals surface area contributed by atoms with Crippen LogP contribution < -0.4 is 0 Å². The van der Waals surface area contributed by atoms with Gasteiger partial charge in [-0.2, -0.15) is 0 Å². The highest BCUT2D eigenvalue weighted by Gasteiger charge is 2.46. The number of alkyl halides is 3. The van der Waals surface area contributed by atoms with Crippen LogP contribution >= 0.6 is 34.8 Å². The summed E-state index contributed by atoms with van der Waals surface area (Å²) in [6.45, 7) is 5.67. The molecule has 1 aliphatic carbocycles. The minimum Gasteiger partial charge on any atom is -0.410 e. The maximum absolute atomic E-state index is 8.85. The SMILES string of the molecule is CCC1=C/C(=N/O)C(C)=C[C@@]1(C)C(Cl)(Cl)Cl. The highest BCUT2D eigenvalue weighted by Crippen LogP contribution is 2.53. The average Bonchev–Trinajstić information content (AvgIpc) is 2.16. The topological polar surface area (TPSA) is 32.6 Å². The second-order valence-electron chi connectivity index (χ2n) is 4.04. The van der Waals surface area contributed by atoms with Crippen molar-refractivity contribution in [3.05, 3.63) is 23.3 Å². The molecule has 0 aromatic rings. The van der Waals surface area contributed by atoms with Crippen molar-refractivity contribution in [1.29, 1.82) is 0 Å². The molecule has 5 heteroatoms. The molecule has 1 rings (SSSR count). The second-order valence-corrected chi connectivity index (χ2v) is 6.32. The molecule has 0 heterocycles. The largest absolute Gasteiger partial charge is 0.410 e. The Labute approximate surface area is 111 Å². The van der Waals surface area contributed by atoms with Gasteiger partial charge in [0.25, 0.3) is 0 Å². The van der Waals surface area contributed by atoms with Crippen LogP contribution in [0.25, 0.3) is 0 Å². The third-order valence-corrected chi connectivity index (χ3v) is 4.14. The summed E-state index contributed by atoms with van der Waals surface area (Å²) in [6, 6.07) is 0. The molecule has 0 aromatic heterocycles. The fourth-order valence-electron chi connectivity index (χ4n) is 1.87. The Kier molecular flexibility index (Phi) is 3.99. The zero-order valence-corrected chi connectivity index (χ0v) is 11.7. The molecule has 1 N–H and O–H groups in total. The number of nitrogens with zero attached hydrogens (tertiary/aromatic N) is 1. The van der Waals surface area contributed by atoms with Gasteiger partial charge in [-0.05, 0) is 31.9 Å². The molecule has 16 heavy (non-hydrogen) atoms. The first kappa shape index (κ1) is 13.9. The summed E-state index contributed by atoms with van der Waals surface area (Å²) < 4.78 is -1.42. The standard InChI is InChI=1S/C11H14Cl3NO/c1-4-8-5-9(15-16)7(2)6-10(8,3)11(12,13)14/h5-6,16H,4H2,1-3H3/b15-9-/t10-/m1/s1. The second kappa shape index (κ2) is 4.59. The fourth-order valence-corrected chi connectivity index (χ4v) is 2.40. The van der Waals surface area contributed by atoms with Gasteiger partial charge in [-0.1, -0.05) is 58.5 Å². The van der Waals surface area contributed by atoms with Crippen LogP contribution in [0, 0.1) is 5.41 Å². The van der Waals surface area contributed by atoms with Crippen molar-refractivity contribution in [3.63, 3.8) is 0 Å². The number of hydrogen-bond donors (Lipinski definition) is 1. The molecule has 0 saturated heterocycles. The first-order valence-electron chi connectivity index (χ1n) is 4.96. The summed E-state index contributed by atoms with van der Waals surface area (Å²) in [5, 5.41) is 12.1. The van der Waals surface area contributed by atoms with Crippen molar-refractivity contribution in [2.45, 2.75) is 31.0 Å². The minimum absolute atomic E-state index is 0.517. The van der Waals surface area contributed by atoms with Crippen molar-refractivity contribution in [2.75, 3.05) is 0 Å². The number of hydrogen-bond acceptors (Lipinski definition) is 2. The molecule has 0 fully saturated rings. The summed E-state index contributed by atoms with van der Waals surface area (Å²) in [5.41, 5.74) is 1.59. The number of rotatable bonds is 1. The molecule has 0 radical (unpaired) electrons. The van der Waals surface area contributed by atoms with E-state index in [4.69, 9.17) is 40.0 Å². The highest BCUT2D eigenvalue weighted by molar-refractivity contribution is 6.68. The maximum Gasteiger partial charge on any atom is 0.202 e. The number of allylic oxidation sites excluding steroid dienone is 4. The monoisotopic (exact) mass is 281 g/mol. The van der Waals surface area contributed by atoms with Gasteiger partial charge in [0.1, 0.15) is 5.71 Å². The molecule has 1 atom stereocenters. The van der Waals surface area contributed by atoms with Crippen LogP contribution in [0.1, 0.15) is 27.2 Å². The lowest BCUT2D eigenvalue weighted by Crippen LogP contribution is -2.35. The fraction of sp³-hybridized carbons (Fsp3) is 0.545. The molecule has 2 nitrogen and oxygen atoms in total. The van der Waals surface area contributed by atoms with Gasteiger partial charge in [0.15, 0.2) is 0 Å².